The van der Waals surface area contributed by atoms with Gasteiger partial charge in [0.05, 0.1) is 5.54 Å². The molecule has 0 aromatic carbocycles. The van der Waals surface area contributed by atoms with Crippen molar-refractivity contribution in [3.8, 4) is 0 Å². The second-order valence-corrected chi connectivity index (χ2v) is 6.24. The van der Waals surface area contributed by atoms with Crippen molar-refractivity contribution in [2.75, 3.05) is 26.2 Å². The Balaban J connectivity index is 1.97. The quantitative estimate of drug-likeness (QED) is 0.789. The van der Waals surface area contributed by atoms with Crippen molar-refractivity contribution < 1.29 is 4.79 Å². The Hall–Kier alpha value is -0.610. The van der Waals surface area contributed by atoms with E-state index < -0.39 is 0 Å². The molecule has 2 aliphatic rings. The Morgan fingerprint density at radius 2 is 1.94 bits per heavy atom. The molecule has 104 valence electrons. The highest BCUT2D eigenvalue weighted by molar-refractivity contribution is 5.86. The summed E-state index contributed by atoms with van der Waals surface area (Å²) in [7, 11) is 0. The van der Waals surface area contributed by atoms with E-state index in [9.17, 15) is 4.79 Å². The first-order chi connectivity index (χ1) is 8.50. The molecule has 18 heavy (non-hydrogen) atoms. The zero-order valence-electron chi connectivity index (χ0n) is 12.0. The molecule has 0 aromatic heterocycles. The van der Waals surface area contributed by atoms with Gasteiger partial charge in [0.2, 0.25) is 5.91 Å². The van der Waals surface area contributed by atoms with Gasteiger partial charge in [0, 0.05) is 31.7 Å². The fraction of sp³-hybridized carbons (Fsp3) is 0.929. The summed E-state index contributed by atoms with van der Waals surface area (Å²) in [4.78, 5) is 14.9. The smallest absolute Gasteiger partial charge is 0.240 e. The second kappa shape index (κ2) is 5.17. The molecule has 2 N–H and O–H groups in total. The lowest BCUT2D eigenvalue weighted by atomic mass is 9.74. The van der Waals surface area contributed by atoms with Crippen LogP contribution in [0.4, 0.5) is 0 Å². The topological polar surface area (TPSA) is 44.4 Å². The summed E-state index contributed by atoms with van der Waals surface area (Å²) >= 11 is 0. The van der Waals surface area contributed by atoms with Gasteiger partial charge in [-0.2, -0.15) is 0 Å². The van der Waals surface area contributed by atoms with Crippen molar-refractivity contribution in [1.82, 2.24) is 15.5 Å². The molecule has 0 spiro atoms. The molecule has 0 aromatic rings. The van der Waals surface area contributed by atoms with Crippen LogP contribution >= 0.6 is 0 Å². The van der Waals surface area contributed by atoms with Gasteiger partial charge in [0.15, 0.2) is 0 Å². The van der Waals surface area contributed by atoms with E-state index in [1.165, 1.54) is 6.42 Å². The minimum Gasteiger partial charge on any atom is -0.349 e. The molecule has 0 unspecified atom stereocenters. The van der Waals surface area contributed by atoms with Gasteiger partial charge in [-0.3, -0.25) is 9.69 Å². The molecular formula is C14H27N3O. The zero-order valence-corrected chi connectivity index (χ0v) is 12.0. The third-order valence-corrected chi connectivity index (χ3v) is 4.83. The van der Waals surface area contributed by atoms with Gasteiger partial charge in [-0.05, 0) is 39.5 Å². The number of hydrogen-bond acceptors (Lipinski definition) is 3. The fourth-order valence-corrected chi connectivity index (χ4v) is 2.93. The maximum atomic E-state index is 12.6. The van der Waals surface area contributed by atoms with Crippen LogP contribution < -0.4 is 10.6 Å². The first-order valence-corrected chi connectivity index (χ1v) is 7.29. The SMILES string of the molecule is CCC1(NC(=O)C(C)(C)N2CCNCC2)CCC1. The molecular weight excluding hydrogens is 226 g/mol. The summed E-state index contributed by atoms with van der Waals surface area (Å²) in [6.45, 7) is 10.2. The van der Waals surface area contributed by atoms with E-state index in [2.05, 4.69) is 36.3 Å². The number of carbonyl (C=O) groups excluding carboxylic acids is 1. The number of nitrogens with one attached hydrogen (secondary N) is 2. The largest absolute Gasteiger partial charge is 0.349 e. The molecule has 1 aliphatic carbocycles. The summed E-state index contributed by atoms with van der Waals surface area (Å²) in [6.07, 6.45) is 4.60. The first kappa shape index (κ1) is 13.8. The lowest BCUT2D eigenvalue weighted by molar-refractivity contribution is -0.135. The van der Waals surface area contributed by atoms with Crippen molar-refractivity contribution in [2.24, 2.45) is 0 Å². The summed E-state index contributed by atoms with van der Waals surface area (Å²) < 4.78 is 0. The zero-order chi connectivity index (χ0) is 13.2. The van der Waals surface area contributed by atoms with Crippen molar-refractivity contribution in [3.63, 3.8) is 0 Å². The minimum absolute atomic E-state index is 0.0996. The Morgan fingerprint density at radius 3 is 2.39 bits per heavy atom. The summed E-state index contributed by atoms with van der Waals surface area (Å²) in [5.41, 5.74) is -0.289. The highest BCUT2D eigenvalue weighted by atomic mass is 16.2. The predicted octanol–water partition coefficient (Wildman–Crippen LogP) is 1.12. The number of piperazine rings is 1. The molecule has 2 rings (SSSR count). The first-order valence-electron chi connectivity index (χ1n) is 7.29. The van der Waals surface area contributed by atoms with Crippen molar-refractivity contribution in [3.05, 3.63) is 0 Å². The van der Waals surface area contributed by atoms with Crippen molar-refractivity contribution >= 4 is 5.91 Å². The van der Waals surface area contributed by atoms with Crippen LogP contribution in [0.1, 0.15) is 46.5 Å². The van der Waals surface area contributed by atoms with E-state index >= 15 is 0 Å². The standard InChI is InChI=1S/C14H27N3O/c1-4-14(6-5-7-14)16-12(18)13(2,3)17-10-8-15-9-11-17/h15H,4-11H2,1-3H3,(H,16,18). The van der Waals surface area contributed by atoms with Crippen molar-refractivity contribution in [1.29, 1.82) is 0 Å². The second-order valence-electron chi connectivity index (χ2n) is 6.24. The van der Waals surface area contributed by atoms with E-state index in [1.54, 1.807) is 0 Å². The van der Waals surface area contributed by atoms with E-state index in [4.69, 9.17) is 0 Å². The highest BCUT2D eigenvalue weighted by Gasteiger charge is 2.42. The number of amides is 1. The molecule has 1 heterocycles. The molecule has 1 aliphatic heterocycles. The van der Waals surface area contributed by atoms with Crippen LogP contribution in [-0.2, 0) is 4.79 Å². The highest BCUT2D eigenvalue weighted by Crippen LogP contribution is 2.35. The molecule has 1 saturated carbocycles. The van der Waals surface area contributed by atoms with E-state index in [-0.39, 0.29) is 17.0 Å². The van der Waals surface area contributed by atoms with Gasteiger partial charge >= 0.3 is 0 Å². The molecule has 2 fully saturated rings. The number of carbonyl (C=O) groups is 1. The Kier molecular flexibility index (Phi) is 3.97. The van der Waals surface area contributed by atoms with Gasteiger partial charge in [0.1, 0.15) is 0 Å². The maximum absolute atomic E-state index is 12.6. The van der Waals surface area contributed by atoms with Crippen LogP contribution in [0.15, 0.2) is 0 Å². The average molecular weight is 253 g/mol. The average Bonchev–Trinajstić information content (AvgIpc) is 2.34. The van der Waals surface area contributed by atoms with Crippen LogP contribution in [0.2, 0.25) is 0 Å². The van der Waals surface area contributed by atoms with E-state index in [1.807, 2.05) is 0 Å². The molecule has 0 radical (unpaired) electrons. The molecule has 0 atom stereocenters. The van der Waals surface area contributed by atoms with Crippen LogP contribution in [0.25, 0.3) is 0 Å². The molecule has 1 saturated heterocycles. The third-order valence-electron chi connectivity index (χ3n) is 4.83. The molecule has 1 amide bonds. The van der Waals surface area contributed by atoms with E-state index in [0.717, 1.165) is 45.4 Å². The number of rotatable bonds is 4. The lowest BCUT2D eigenvalue weighted by Crippen LogP contribution is -2.64. The Labute approximate surface area is 110 Å². The molecule has 4 heteroatoms. The van der Waals surface area contributed by atoms with Gasteiger partial charge in [-0.25, -0.2) is 0 Å². The number of nitrogens with zero attached hydrogens (tertiary/aromatic N) is 1. The van der Waals surface area contributed by atoms with Crippen molar-refractivity contribution in [2.45, 2.75) is 57.5 Å². The minimum atomic E-state index is -0.389. The maximum Gasteiger partial charge on any atom is 0.240 e. The van der Waals surface area contributed by atoms with Gasteiger partial charge in [0.25, 0.3) is 0 Å². The summed E-state index contributed by atoms with van der Waals surface area (Å²) in [6, 6.07) is 0. The van der Waals surface area contributed by atoms with Gasteiger partial charge < -0.3 is 10.6 Å². The molecule has 4 nitrogen and oxygen atoms in total. The fourth-order valence-electron chi connectivity index (χ4n) is 2.93. The normalized spacial score (nSPS) is 24.4. The van der Waals surface area contributed by atoms with Crippen LogP contribution in [0.3, 0.4) is 0 Å². The Bertz CT molecular complexity index is 299. The van der Waals surface area contributed by atoms with Gasteiger partial charge in [-0.1, -0.05) is 6.92 Å². The van der Waals surface area contributed by atoms with Crippen LogP contribution in [-0.4, -0.2) is 48.1 Å². The Morgan fingerprint density at radius 1 is 1.33 bits per heavy atom. The number of hydrogen-bond donors (Lipinski definition) is 2. The van der Waals surface area contributed by atoms with Crippen LogP contribution in [0, 0.1) is 0 Å². The predicted molar refractivity (Wildman–Crippen MR) is 73.5 cm³/mol. The third kappa shape index (κ3) is 2.54. The monoisotopic (exact) mass is 253 g/mol. The molecule has 0 bridgehead atoms. The van der Waals surface area contributed by atoms with Crippen LogP contribution in [0.5, 0.6) is 0 Å². The lowest BCUT2D eigenvalue weighted by Gasteiger charge is -2.46. The van der Waals surface area contributed by atoms with Gasteiger partial charge in [-0.15, -0.1) is 0 Å². The summed E-state index contributed by atoms with van der Waals surface area (Å²) in [5, 5.41) is 6.65. The van der Waals surface area contributed by atoms with E-state index in [0.29, 0.717) is 0 Å². The summed E-state index contributed by atoms with van der Waals surface area (Å²) in [5.74, 6) is 0.200.